The van der Waals surface area contributed by atoms with Crippen LogP contribution in [0.5, 0.6) is 0 Å². The number of nitrogens with zero attached hydrogens (tertiary/aromatic N) is 1. The molecule has 0 bridgehead atoms. The molecule has 0 radical (unpaired) electrons. The van der Waals surface area contributed by atoms with Gasteiger partial charge in [0.2, 0.25) is 0 Å². The molecule has 0 saturated heterocycles. The fourth-order valence-electron chi connectivity index (χ4n) is 1.29. The number of hydrogen-bond acceptors (Lipinski definition) is 4. The number of carboxylic acids is 1. The monoisotopic (exact) mass is 238 g/mol. The molecule has 0 aliphatic carbocycles. The van der Waals surface area contributed by atoms with E-state index >= 15 is 0 Å². The van der Waals surface area contributed by atoms with Crippen LogP contribution in [0.15, 0.2) is 18.2 Å². The molecule has 0 aliphatic heterocycles. The first kappa shape index (κ1) is 13.0. The average molecular weight is 238 g/mol. The van der Waals surface area contributed by atoms with Crippen molar-refractivity contribution in [1.29, 1.82) is 0 Å². The minimum Gasteiger partial charge on any atom is -0.478 e. The highest BCUT2D eigenvalue weighted by atomic mass is 16.6. The van der Waals surface area contributed by atoms with Crippen molar-refractivity contribution in [3.05, 3.63) is 33.9 Å². The summed E-state index contributed by atoms with van der Waals surface area (Å²) in [4.78, 5) is 20.9. The van der Waals surface area contributed by atoms with E-state index in [1.165, 1.54) is 12.1 Å². The van der Waals surface area contributed by atoms with Crippen molar-refractivity contribution in [2.75, 3.05) is 11.9 Å². The van der Waals surface area contributed by atoms with Crippen LogP contribution in [0, 0.1) is 16.0 Å². The zero-order chi connectivity index (χ0) is 13.0. The molecule has 1 aromatic carbocycles. The molecule has 0 aromatic heterocycles. The summed E-state index contributed by atoms with van der Waals surface area (Å²) in [6.45, 7) is 4.58. The molecule has 1 rings (SSSR count). The first-order chi connectivity index (χ1) is 7.91. The van der Waals surface area contributed by atoms with Crippen LogP contribution in [0.4, 0.5) is 11.4 Å². The van der Waals surface area contributed by atoms with Crippen LogP contribution in [0.1, 0.15) is 24.2 Å². The van der Waals surface area contributed by atoms with E-state index in [2.05, 4.69) is 5.32 Å². The molecule has 0 atom stereocenters. The van der Waals surface area contributed by atoms with Gasteiger partial charge < -0.3 is 10.4 Å². The topological polar surface area (TPSA) is 92.5 Å². The van der Waals surface area contributed by atoms with Gasteiger partial charge in [0.1, 0.15) is 0 Å². The minimum absolute atomic E-state index is 0.0835. The van der Waals surface area contributed by atoms with Crippen LogP contribution < -0.4 is 5.32 Å². The van der Waals surface area contributed by atoms with Gasteiger partial charge >= 0.3 is 5.97 Å². The third kappa shape index (κ3) is 3.44. The molecule has 1 aromatic rings. The van der Waals surface area contributed by atoms with Crippen LogP contribution in [0.25, 0.3) is 0 Å². The standard InChI is InChI=1S/C11H14N2O4/c1-7(2)6-12-10-4-3-8(13(16)17)5-9(10)11(14)15/h3-5,7,12H,6H2,1-2H3,(H,14,15). The number of nitro benzene ring substituents is 1. The Morgan fingerprint density at radius 2 is 2.18 bits per heavy atom. The van der Waals surface area contributed by atoms with Gasteiger partial charge in [-0.25, -0.2) is 4.79 Å². The molecular formula is C11H14N2O4. The van der Waals surface area contributed by atoms with Crippen LogP contribution in [0.2, 0.25) is 0 Å². The van der Waals surface area contributed by atoms with E-state index in [1.807, 2.05) is 13.8 Å². The molecule has 6 nitrogen and oxygen atoms in total. The molecular weight excluding hydrogens is 224 g/mol. The second kappa shape index (κ2) is 5.29. The lowest BCUT2D eigenvalue weighted by Gasteiger charge is -2.11. The van der Waals surface area contributed by atoms with E-state index in [0.717, 1.165) is 6.07 Å². The van der Waals surface area contributed by atoms with Crippen LogP contribution in [-0.2, 0) is 0 Å². The predicted octanol–water partition coefficient (Wildman–Crippen LogP) is 2.36. The van der Waals surface area contributed by atoms with E-state index in [4.69, 9.17) is 5.11 Å². The van der Waals surface area contributed by atoms with Gasteiger partial charge in [-0.1, -0.05) is 13.8 Å². The fraction of sp³-hybridized carbons (Fsp3) is 0.364. The zero-order valence-corrected chi connectivity index (χ0v) is 9.64. The van der Waals surface area contributed by atoms with Gasteiger partial charge in [-0.15, -0.1) is 0 Å². The highest BCUT2D eigenvalue weighted by Gasteiger charge is 2.15. The number of anilines is 1. The lowest BCUT2D eigenvalue weighted by Crippen LogP contribution is -2.11. The number of carboxylic acid groups (broad SMARTS) is 1. The lowest BCUT2D eigenvalue weighted by atomic mass is 10.1. The molecule has 17 heavy (non-hydrogen) atoms. The number of carbonyl (C=O) groups is 1. The molecule has 0 fully saturated rings. The van der Waals surface area contributed by atoms with Gasteiger partial charge in [-0.3, -0.25) is 10.1 Å². The smallest absolute Gasteiger partial charge is 0.338 e. The van der Waals surface area contributed by atoms with Crippen molar-refractivity contribution in [2.24, 2.45) is 5.92 Å². The number of benzene rings is 1. The maximum absolute atomic E-state index is 11.0. The summed E-state index contributed by atoms with van der Waals surface area (Å²) >= 11 is 0. The quantitative estimate of drug-likeness (QED) is 0.606. The van der Waals surface area contributed by atoms with Crippen molar-refractivity contribution in [1.82, 2.24) is 0 Å². The molecule has 0 saturated carbocycles. The Morgan fingerprint density at radius 3 is 2.65 bits per heavy atom. The van der Waals surface area contributed by atoms with Gasteiger partial charge in [-0.05, 0) is 12.0 Å². The molecule has 6 heteroatoms. The summed E-state index contributed by atoms with van der Waals surface area (Å²) in [5.41, 5.74) is 0.0918. The Bertz CT molecular complexity index is 443. The Labute approximate surface area is 98.4 Å². The summed E-state index contributed by atoms with van der Waals surface area (Å²) in [7, 11) is 0. The van der Waals surface area contributed by atoms with Gasteiger partial charge in [0.15, 0.2) is 0 Å². The summed E-state index contributed by atoms with van der Waals surface area (Å²) in [6, 6.07) is 3.77. The minimum atomic E-state index is -1.18. The molecule has 0 amide bonds. The number of nitro groups is 1. The van der Waals surface area contributed by atoms with Crippen LogP contribution in [-0.4, -0.2) is 22.5 Å². The number of non-ortho nitro benzene ring substituents is 1. The average Bonchev–Trinajstić information content (AvgIpc) is 2.25. The summed E-state index contributed by atoms with van der Waals surface area (Å²) in [5.74, 6) is -0.827. The van der Waals surface area contributed by atoms with Crippen LogP contribution in [0.3, 0.4) is 0 Å². The van der Waals surface area contributed by atoms with Gasteiger partial charge in [-0.2, -0.15) is 0 Å². The van der Waals surface area contributed by atoms with E-state index < -0.39 is 10.9 Å². The van der Waals surface area contributed by atoms with Crippen molar-refractivity contribution >= 4 is 17.3 Å². The number of aromatic carboxylic acids is 1. The largest absolute Gasteiger partial charge is 0.478 e. The second-order valence-electron chi connectivity index (χ2n) is 4.07. The Balaban J connectivity index is 3.04. The van der Waals surface area contributed by atoms with Gasteiger partial charge in [0.05, 0.1) is 10.5 Å². The Morgan fingerprint density at radius 1 is 1.53 bits per heavy atom. The predicted molar refractivity (Wildman–Crippen MR) is 63.4 cm³/mol. The maximum atomic E-state index is 11.0. The van der Waals surface area contributed by atoms with E-state index in [9.17, 15) is 14.9 Å². The summed E-state index contributed by atoms with van der Waals surface area (Å²) < 4.78 is 0. The number of rotatable bonds is 5. The Kier molecular flexibility index (Phi) is 4.03. The summed E-state index contributed by atoms with van der Waals surface area (Å²) in [5, 5.41) is 22.5. The second-order valence-corrected chi connectivity index (χ2v) is 4.07. The lowest BCUT2D eigenvalue weighted by molar-refractivity contribution is -0.384. The first-order valence-corrected chi connectivity index (χ1v) is 5.17. The molecule has 92 valence electrons. The zero-order valence-electron chi connectivity index (χ0n) is 9.64. The summed E-state index contributed by atoms with van der Waals surface area (Å²) in [6.07, 6.45) is 0. The Hall–Kier alpha value is -2.11. The third-order valence-electron chi connectivity index (χ3n) is 2.15. The molecule has 0 unspecified atom stereocenters. The van der Waals surface area contributed by atoms with E-state index in [0.29, 0.717) is 18.2 Å². The molecule has 2 N–H and O–H groups in total. The van der Waals surface area contributed by atoms with Crippen molar-refractivity contribution in [3.8, 4) is 0 Å². The van der Waals surface area contributed by atoms with Gasteiger partial charge in [0, 0.05) is 24.4 Å². The van der Waals surface area contributed by atoms with E-state index in [-0.39, 0.29) is 11.3 Å². The third-order valence-corrected chi connectivity index (χ3v) is 2.15. The molecule has 0 spiro atoms. The fourth-order valence-corrected chi connectivity index (χ4v) is 1.29. The number of hydrogen-bond donors (Lipinski definition) is 2. The number of nitrogens with one attached hydrogen (secondary N) is 1. The molecule has 0 heterocycles. The van der Waals surface area contributed by atoms with Gasteiger partial charge in [0.25, 0.3) is 5.69 Å². The highest BCUT2D eigenvalue weighted by molar-refractivity contribution is 5.95. The molecule has 0 aliphatic rings. The van der Waals surface area contributed by atoms with Crippen LogP contribution >= 0.6 is 0 Å². The van der Waals surface area contributed by atoms with Crippen molar-refractivity contribution < 1.29 is 14.8 Å². The maximum Gasteiger partial charge on any atom is 0.338 e. The van der Waals surface area contributed by atoms with Crippen molar-refractivity contribution in [3.63, 3.8) is 0 Å². The first-order valence-electron chi connectivity index (χ1n) is 5.17. The highest BCUT2D eigenvalue weighted by Crippen LogP contribution is 2.22. The van der Waals surface area contributed by atoms with E-state index in [1.54, 1.807) is 0 Å². The normalized spacial score (nSPS) is 10.3. The van der Waals surface area contributed by atoms with Crippen molar-refractivity contribution in [2.45, 2.75) is 13.8 Å². The SMILES string of the molecule is CC(C)CNc1ccc([N+](=O)[O-])cc1C(=O)O.